The lowest BCUT2D eigenvalue weighted by Gasteiger charge is -2.16. The third kappa shape index (κ3) is 5.28. The van der Waals surface area contributed by atoms with E-state index in [9.17, 15) is 14.4 Å². The summed E-state index contributed by atoms with van der Waals surface area (Å²) in [5.74, 6) is 0.173. The standard InChI is InChI=1S/C22H24N2O6/c1-28-18-9-8-15(19(13-18)29-2)11-22(27)30-14-20(25)23-16-5-3-6-17(12-16)24-10-4-7-21(24)26/h3,5-6,8-9,12-13H,4,7,10-11,14H2,1-2H3,(H,23,25). The number of nitrogens with zero attached hydrogens (tertiary/aromatic N) is 1. The van der Waals surface area contributed by atoms with Crippen LogP contribution in [0.25, 0.3) is 0 Å². The van der Waals surface area contributed by atoms with Crippen molar-refractivity contribution in [3.05, 3.63) is 48.0 Å². The van der Waals surface area contributed by atoms with Crippen LogP contribution < -0.4 is 19.7 Å². The quantitative estimate of drug-likeness (QED) is 0.670. The number of carbonyl (C=O) groups excluding carboxylic acids is 3. The lowest BCUT2D eigenvalue weighted by atomic mass is 10.1. The van der Waals surface area contributed by atoms with Crippen LogP contribution in [0.1, 0.15) is 18.4 Å². The van der Waals surface area contributed by atoms with E-state index in [1.165, 1.54) is 7.11 Å². The molecule has 1 saturated heterocycles. The molecule has 158 valence electrons. The van der Waals surface area contributed by atoms with Gasteiger partial charge in [0.15, 0.2) is 6.61 Å². The van der Waals surface area contributed by atoms with Crippen LogP contribution in [0.3, 0.4) is 0 Å². The lowest BCUT2D eigenvalue weighted by Crippen LogP contribution is -2.24. The number of nitrogens with one attached hydrogen (secondary N) is 1. The zero-order chi connectivity index (χ0) is 21.5. The minimum Gasteiger partial charge on any atom is -0.497 e. The molecule has 0 aliphatic carbocycles. The summed E-state index contributed by atoms with van der Waals surface area (Å²) in [6, 6.07) is 12.1. The first-order chi connectivity index (χ1) is 14.5. The lowest BCUT2D eigenvalue weighted by molar-refractivity contribution is -0.146. The van der Waals surface area contributed by atoms with E-state index in [1.807, 2.05) is 6.07 Å². The highest BCUT2D eigenvalue weighted by Gasteiger charge is 2.22. The van der Waals surface area contributed by atoms with E-state index in [0.717, 1.165) is 12.1 Å². The molecular formula is C22H24N2O6. The van der Waals surface area contributed by atoms with Crippen molar-refractivity contribution < 1.29 is 28.6 Å². The van der Waals surface area contributed by atoms with Crippen molar-refractivity contribution in [2.45, 2.75) is 19.3 Å². The zero-order valence-electron chi connectivity index (χ0n) is 17.0. The van der Waals surface area contributed by atoms with Crippen LogP contribution >= 0.6 is 0 Å². The summed E-state index contributed by atoms with van der Waals surface area (Å²) in [7, 11) is 3.04. The summed E-state index contributed by atoms with van der Waals surface area (Å²) in [6.07, 6.45) is 1.32. The summed E-state index contributed by atoms with van der Waals surface area (Å²) in [6.45, 7) is 0.257. The Hall–Kier alpha value is -3.55. The van der Waals surface area contributed by atoms with E-state index >= 15 is 0 Å². The first-order valence-electron chi connectivity index (χ1n) is 9.57. The molecule has 0 saturated carbocycles. The van der Waals surface area contributed by atoms with Crippen LogP contribution in [-0.2, 0) is 25.5 Å². The number of carbonyl (C=O) groups is 3. The highest BCUT2D eigenvalue weighted by molar-refractivity contribution is 5.97. The molecule has 0 atom stereocenters. The Kier molecular flexibility index (Phi) is 6.90. The van der Waals surface area contributed by atoms with Crippen molar-refractivity contribution in [1.29, 1.82) is 0 Å². The highest BCUT2D eigenvalue weighted by atomic mass is 16.5. The van der Waals surface area contributed by atoms with Gasteiger partial charge in [0.25, 0.3) is 5.91 Å². The summed E-state index contributed by atoms with van der Waals surface area (Å²) in [5.41, 5.74) is 1.90. The number of anilines is 2. The minimum absolute atomic E-state index is 0.0347. The van der Waals surface area contributed by atoms with E-state index in [-0.39, 0.29) is 12.3 Å². The van der Waals surface area contributed by atoms with E-state index < -0.39 is 18.5 Å². The van der Waals surface area contributed by atoms with Crippen molar-refractivity contribution in [3.63, 3.8) is 0 Å². The number of ether oxygens (including phenoxy) is 3. The van der Waals surface area contributed by atoms with Gasteiger partial charge in [-0.05, 0) is 30.7 Å². The number of benzene rings is 2. The molecule has 0 spiro atoms. The predicted octanol–water partition coefficient (Wildman–Crippen LogP) is 2.56. The van der Waals surface area contributed by atoms with Crippen molar-refractivity contribution in [2.75, 3.05) is 37.6 Å². The number of rotatable bonds is 8. The summed E-state index contributed by atoms with van der Waals surface area (Å²) in [4.78, 5) is 37.9. The fourth-order valence-electron chi connectivity index (χ4n) is 3.22. The smallest absolute Gasteiger partial charge is 0.310 e. The van der Waals surface area contributed by atoms with Gasteiger partial charge in [0, 0.05) is 36.0 Å². The first kappa shape index (κ1) is 21.2. The molecule has 8 heteroatoms. The largest absolute Gasteiger partial charge is 0.497 e. The van der Waals surface area contributed by atoms with Crippen molar-refractivity contribution in [1.82, 2.24) is 0 Å². The van der Waals surface area contributed by atoms with Gasteiger partial charge in [0.2, 0.25) is 5.91 Å². The van der Waals surface area contributed by atoms with Crippen LogP contribution in [0, 0.1) is 0 Å². The van der Waals surface area contributed by atoms with Gasteiger partial charge in [-0.1, -0.05) is 12.1 Å². The maximum atomic E-state index is 12.2. The average molecular weight is 412 g/mol. The van der Waals surface area contributed by atoms with Crippen molar-refractivity contribution in [3.8, 4) is 11.5 Å². The molecule has 0 bridgehead atoms. The Morgan fingerprint density at radius 1 is 1.10 bits per heavy atom. The van der Waals surface area contributed by atoms with Gasteiger partial charge in [0.05, 0.1) is 20.6 Å². The molecule has 0 radical (unpaired) electrons. The molecule has 1 N–H and O–H groups in total. The van der Waals surface area contributed by atoms with E-state index in [2.05, 4.69) is 5.32 Å². The number of methoxy groups -OCH3 is 2. The van der Waals surface area contributed by atoms with Gasteiger partial charge in [-0.15, -0.1) is 0 Å². The molecule has 8 nitrogen and oxygen atoms in total. The van der Waals surface area contributed by atoms with Crippen molar-refractivity contribution >= 4 is 29.2 Å². The molecule has 3 rings (SSSR count). The molecule has 1 fully saturated rings. The van der Waals surface area contributed by atoms with Crippen molar-refractivity contribution in [2.24, 2.45) is 0 Å². The Bertz CT molecular complexity index is 943. The summed E-state index contributed by atoms with van der Waals surface area (Å²) >= 11 is 0. The first-order valence-corrected chi connectivity index (χ1v) is 9.57. The number of esters is 1. The second-order valence-corrected chi connectivity index (χ2v) is 6.76. The second kappa shape index (κ2) is 9.78. The van der Waals surface area contributed by atoms with Gasteiger partial charge in [-0.2, -0.15) is 0 Å². The Morgan fingerprint density at radius 3 is 2.63 bits per heavy atom. The van der Waals surface area contributed by atoms with Crippen LogP contribution in [0.15, 0.2) is 42.5 Å². The molecule has 2 amide bonds. The highest BCUT2D eigenvalue weighted by Crippen LogP contribution is 2.26. The fraction of sp³-hybridized carbons (Fsp3) is 0.318. The second-order valence-electron chi connectivity index (χ2n) is 6.76. The summed E-state index contributed by atoms with van der Waals surface area (Å²) in [5, 5.41) is 2.68. The molecule has 1 heterocycles. The van der Waals surface area contributed by atoms with Gasteiger partial charge in [-0.3, -0.25) is 14.4 Å². The molecule has 1 aliphatic rings. The van der Waals surface area contributed by atoms with Gasteiger partial charge < -0.3 is 24.4 Å². The maximum absolute atomic E-state index is 12.2. The molecule has 2 aromatic carbocycles. The molecule has 30 heavy (non-hydrogen) atoms. The van der Waals surface area contributed by atoms with Crippen LogP contribution in [0.2, 0.25) is 0 Å². The monoisotopic (exact) mass is 412 g/mol. The molecule has 0 aromatic heterocycles. The average Bonchev–Trinajstić information content (AvgIpc) is 3.18. The minimum atomic E-state index is -0.551. The SMILES string of the molecule is COc1ccc(CC(=O)OCC(=O)Nc2cccc(N3CCCC3=O)c2)c(OC)c1. The van der Waals surface area contributed by atoms with E-state index in [4.69, 9.17) is 14.2 Å². The topological polar surface area (TPSA) is 94.2 Å². The third-order valence-electron chi connectivity index (χ3n) is 4.71. The van der Waals surface area contributed by atoms with Crippen LogP contribution in [-0.4, -0.2) is 45.2 Å². The third-order valence-corrected chi connectivity index (χ3v) is 4.71. The van der Waals surface area contributed by atoms with Gasteiger partial charge in [0.1, 0.15) is 11.5 Å². The predicted molar refractivity (Wildman–Crippen MR) is 111 cm³/mol. The molecule has 2 aromatic rings. The molecule has 1 aliphatic heterocycles. The van der Waals surface area contributed by atoms with Gasteiger partial charge in [-0.25, -0.2) is 0 Å². The molecular weight excluding hydrogens is 388 g/mol. The Labute approximate surface area is 174 Å². The maximum Gasteiger partial charge on any atom is 0.310 e. The van der Waals surface area contributed by atoms with E-state index in [1.54, 1.807) is 48.4 Å². The van der Waals surface area contributed by atoms with Crippen LogP contribution in [0.4, 0.5) is 11.4 Å². The fourth-order valence-corrected chi connectivity index (χ4v) is 3.22. The zero-order valence-corrected chi connectivity index (χ0v) is 17.0. The number of hydrogen-bond acceptors (Lipinski definition) is 6. The van der Waals surface area contributed by atoms with Crippen LogP contribution in [0.5, 0.6) is 11.5 Å². The van der Waals surface area contributed by atoms with E-state index in [0.29, 0.717) is 35.7 Å². The normalized spacial score (nSPS) is 13.1. The summed E-state index contributed by atoms with van der Waals surface area (Å²) < 4.78 is 15.5. The molecule has 0 unspecified atom stereocenters. The Balaban J connectivity index is 1.52. The Morgan fingerprint density at radius 2 is 1.93 bits per heavy atom. The number of amides is 2. The van der Waals surface area contributed by atoms with Gasteiger partial charge >= 0.3 is 5.97 Å². The number of hydrogen-bond donors (Lipinski definition) is 1.